The van der Waals surface area contributed by atoms with Gasteiger partial charge in [-0.2, -0.15) is 0 Å². The fourth-order valence-corrected chi connectivity index (χ4v) is 4.51. The predicted molar refractivity (Wildman–Crippen MR) is 129 cm³/mol. The Hall–Kier alpha value is -3.43. The number of rotatable bonds is 7. The van der Waals surface area contributed by atoms with Crippen LogP contribution in [-0.2, 0) is 25.6 Å². The SMILES string of the molecule is COCC(=O)Nc1ccc2c(c1)C(=O)N(C)[C@H]1CC[C@@H](CC(=O)NCc3ccccc3)O[C@@H]1CO2. The van der Waals surface area contributed by atoms with Crippen LogP contribution in [0.4, 0.5) is 5.69 Å². The minimum atomic E-state index is -0.348. The fourth-order valence-electron chi connectivity index (χ4n) is 4.51. The van der Waals surface area contributed by atoms with Gasteiger partial charge in [-0.05, 0) is 36.6 Å². The van der Waals surface area contributed by atoms with Gasteiger partial charge in [0.1, 0.15) is 25.1 Å². The molecule has 4 rings (SSSR count). The van der Waals surface area contributed by atoms with E-state index in [-0.39, 0.29) is 55.6 Å². The topological polar surface area (TPSA) is 106 Å². The van der Waals surface area contributed by atoms with Crippen molar-refractivity contribution >= 4 is 23.4 Å². The van der Waals surface area contributed by atoms with Crippen LogP contribution in [0.2, 0.25) is 0 Å². The molecule has 0 bridgehead atoms. The number of hydrogen-bond donors (Lipinski definition) is 2. The molecule has 2 aromatic carbocycles. The largest absolute Gasteiger partial charge is 0.490 e. The third kappa shape index (κ3) is 6.17. The zero-order valence-corrected chi connectivity index (χ0v) is 20.0. The first kappa shape index (κ1) is 24.7. The number of nitrogens with zero attached hydrogens (tertiary/aromatic N) is 1. The van der Waals surface area contributed by atoms with Gasteiger partial charge in [0.2, 0.25) is 11.8 Å². The Balaban J connectivity index is 1.38. The molecule has 35 heavy (non-hydrogen) atoms. The molecule has 2 heterocycles. The molecule has 2 aromatic rings. The number of amides is 3. The lowest BCUT2D eigenvalue weighted by molar-refractivity contribution is -0.134. The number of carbonyl (C=O) groups excluding carboxylic acids is 3. The lowest BCUT2D eigenvalue weighted by Gasteiger charge is -2.42. The number of carbonyl (C=O) groups is 3. The molecular weight excluding hydrogens is 450 g/mol. The van der Waals surface area contributed by atoms with Gasteiger partial charge in [0.05, 0.1) is 24.1 Å². The molecule has 9 heteroatoms. The second kappa shape index (κ2) is 11.3. The summed E-state index contributed by atoms with van der Waals surface area (Å²) >= 11 is 0. The summed E-state index contributed by atoms with van der Waals surface area (Å²) in [6.07, 6.45) is 1.04. The van der Waals surface area contributed by atoms with Crippen molar-refractivity contribution < 1.29 is 28.6 Å². The Kier molecular flexibility index (Phi) is 7.99. The number of anilines is 1. The minimum absolute atomic E-state index is 0.0677. The molecule has 0 radical (unpaired) electrons. The van der Waals surface area contributed by atoms with Crippen LogP contribution in [0.1, 0.15) is 35.2 Å². The summed E-state index contributed by atoms with van der Waals surface area (Å²) < 4.78 is 17.0. The Labute approximate surface area is 204 Å². The number of nitrogens with one attached hydrogen (secondary N) is 2. The van der Waals surface area contributed by atoms with E-state index in [1.54, 1.807) is 30.1 Å². The fraction of sp³-hybridized carbons (Fsp3) is 0.423. The van der Waals surface area contributed by atoms with E-state index in [9.17, 15) is 14.4 Å². The number of likely N-dealkylation sites (N-methyl/N-ethyl adjacent to an activating group) is 1. The van der Waals surface area contributed by atoms with Gasteiger partial charge in [-0.15, -0.1) is 0 Å². The number of ether oxygens (including phenoxy) is 3. The molecule has 1 fully saturated rings. The number of hydrogen-bond acceptors (Lipinski definition) is 6. The van der Waals surface area contributed by atoms with E-state index in [1.165, 1.54) is 7.11 Å². The zero-order chi connectivity index (χ0) is 24.8. The molecule has 2 aliphatic heterocycles. The highest BCUT2D eigenvalue weighted by atomic mass is 16.5. The van der Waals surface area contributed by atoms with Gasteiger partial charge < -0.3 is 29.7 Å². The van der Waals surface area contributed by atoms with Crippen molar-refractivity contribution in [2.75, 3.05) is 32.7 Å². The van der Waals surface area contributed by atoms with Crippen molar-refractivity contribution in [3.05, 3.63) is 59.7 Å². The van der Waals surface area contributed by atoms with E-state index in [0.29, 0.717) is 36.4 Å². The van der Waals surface area contributed by atoms with Crippen LogP contribution in [0.5, 0.6) is 5.75 Å². The van der Waals surface area contributed by atoms with Gasteiger partial charge in [0, 0.05) is 26.4 Å². The second-order valence-corrected chi connectivity index (χ2v) is 8.83. The van der Waals surface area contributed by atoms with Crippen LogP contribution in [0.15, 0.2) is 48.5 Å². The average molecular weight is 482 g/mol. The second-order valence-electron chi connectivity index (χ2n) is 8.83. The molecule has 3 atom stereocenters. The maximum atomic E-state index is 13.3. The molecule has 0 aliphatic carbocycles. The molecule has 3 amide bonds. The van der Waals surface area contributed by atoms with Gasteiger partial charge in [-0.1, -0.05) is 30.3 Å². The van der Waals surface area contributed by atoms with Crippen molar-refractivity contribution in [1.29, 1.82) is 0 Å². The van der Waals surface area contributed by atoms with Crippen LogP contribution in [0, 0.1) is 0 Å². The van der Waals surface area contributed by atoms with Gasteiger partial charge >= 0.3 is 0 Å². The van der Waals surface area contributed by atoms with Crippen molar-refractivity contribution in [2.45, 2.75) is 44.1 Å². The van der Waals surface area contributed by atoms with Crippen LogP contribution in [0.3, 0.4) is 0 Å². The normalized spacial score (nSPS) is 21.6. The standard InChI is InChI=1S/C26H31N3O6/c1-29-21-10-9-19(13-24(30)27-14-17-6-4-3-5-7-17)35-23(21)15-34-22-11-8-18(12-20(22)26(29)32)28-25(31)16-33-2/h3-8,11-12,19,21,23H,9-10,13-16H2,1-2H3,(H,27,30)(H,28,31)/t19-,21-,23+/m0/s1. The summed E-state index contributed by atoms with van der Waals surface area (Å²) in [6, 6.07) is 14.5. The monoisotopic (exact) mass is 481 g/mol. The van der Waals surface area contributed by atoms with E-state index < -0.39 is 0 Å². The summed E-state index contributed by atoms with van der Waals surface area (Å²) in [5.74, 6) is -0.155. The lowest BCUT2D eigenvalue weighted by Crippen LogP contribution is -2.53. The number of benzene rings is 2. The first-order valence-corrected chi connectivity index (χ1v) is 11.7. The van der Waals surface area contributed by atoms with Crippen molar-refractivity contribution in [3.8, 4) is 5.75 Å². The van der Waals surface area contributed by atoms with Gasteiger partial charge in [0.25, 0.3) is 5.91 Å². The summed E-state index contributed by atoms with van der Waals surface area (Å²) in [6.45, 7) is 0.657. The highest BCUT2D eigenvalue weighted by Gasteiger charge is 2.39. The molecule has 2 N–H and O–H groups in total. The molecule has 0 spiro atoms. The molecule has 2 aliphatic rings. The summed E-state index contributed by atoms with van der Waals surface area (Å²) in [4.78, 5) is 39.3. The third-order valence-electron chi connectivity index (χ3n) is 6.32. The quantitative estimate of drug-likeness (QED) is 0.629. The Morgan fingerprint density at radius 2 is 1.91 bits per heavy atom. The maximum Gasteiger partial charge on any atom is 0.257 e. The van der Waals surface area contributed by atoms with E-state index in [0.717, 1.165) is 5.56 Å². The van der Waals surface area contributed by atoms with Crippen LogP contribution in [-0.4, -0.2) is 68.2 Å². The molecule has 0 saturated carbocycles. The number of fused-ring (bicyclic) bond motifs is 2. The predicted octanol–water partition coefficient (Wildman–Crippen LogP) is 2.36. The lowest BCUT2D eigenvalue weighted by atomic mass is 9.94. The average Bonchev–Trinajstić information content (AvgIpc) is 2.86. The maximum absolute atomic E-state index is 13.3. The van der Waals surface area contributed by atoms with E-state index in [2.05, 4.69) is 10.6 Å². The summed E-state index contributed by atoms with van der Waals surface area (Å²) in [5, 5.41) is 5.66. The third-order valence-corrected chi connectivity index (χ3v) is 6.32. The number of methoxy groups -OCH3 is 1. The molecule has 186 valence electrons. The van der Waals surface area contributed by atoms with Crippen LogP contribution < -0.4 is 15.4 Å². The Morgan fingerprint density at radius 1 is 1.11 bits per heavy atom. The van der Waals surface area contributed by atoms with E-state index in [1.807, 2.05) is 30.3 Å². The first-order valence-electron chi connectivity index (χ1n) is 11.7. The Bertz CT molecular complexity index is 1060. The van der Waals surface area contributed by atoms with Crippen molar-refractivity contribution in [1.82, 2.24) is 10.2 Å². The highest BCUT2D eigenvalue weighted by molar-refractivity contribution is 6.00. The summed E-state index contributed by atoms with van der Waals surface area (Å²) in [5.41, 5.74) is 1.91. The van der Waals surface area contributed by atoms with Crippen LogP contribution in [0.25, 0.3) is 0 Å². The molecular formula is C26H31N3O6. The van der Waals surface area contributed by atoms with Gasteiger partial charge in [-0.25, -0.2) is 0 Å². The van der Waals surface area contributed by atoms with Crippen LogP contribution >= 0.6 is 0 Å². The smallest absolute Gasteiger partial charge is 0.257 e. The Morgan fingerprint density at radius 3 is 2.69 bits per heavy atom. The van der Waals surface area contributed by atoms with Crippen molar-refractivity contribution in [3.63, 3.8) is 0 Å². The van der Waals surface area contributed by atoms with Crippen molar-refractivity contribution in [2.24, 2.45) is 0 Å². The zero-order valence-electron chi connectivity index (χ0n) is 20.0. The molecule has 9 nitrogen and oxygen atoms in total. The first-order chi connectivity index (χ1) is 16.9. The van der Waals surface area contributed by atoms with E-state index >= 15 is 0 Å². The highest BCUT2D eigenvalue weighted by Crippen LogP contribution is 2.32. The molecule has 1 saturated heterocycles. The van der Waals surface area contributed by atoms with E-state index in [4.69, 9.17) is 14.2 Å². The van der Waals surface area contributed by atoms with Gasteiger partial charge in [-0.3, -0.25) is 14.4 Å². The molecule has 0 unspecified atom stereocenters. The molecule has 0 aromatic heterocycles. The summed E-state index contributed by atoms with van der Waals surface area (Å²) in [7, 11) is 3.19. The minimum Gasteiger partial charge on any atom is -0.490 e. The van der Waals surface area contributed by atoms with Gasteiger partial charge in [0.15, 0.2) is 0 Å².